The van der Waals surface area contributed by atoms with E-state index in [-0.39, 0.29) is 25.2 Å². The minimum absolute atomic E-state index is 0.163. The number of unbranched alkanes of at least 4 members (excludes halogenated alkanes) is 20. The van der Waals surface area contributed by atoms with E-state index >= 15 is 0 Å². The van der Waals surface area contributed by atoms with Crippen LogP contribution in [-0.2, 0) is 19.1 Å². The maximum atomic E-state index is 11.9. The summed E-state index contributed by atoms with van der Waals surface area (Å²) < 4.78 is 10.4. The zero-order valence-electron chi connectivity index (χ0n) is 29.6. The highest BCUT2D eigenvalue weighted by Gasteiger charge is 2.07. The summed E-state index contributed by atoms with van der Waals surface area (Å²) in [5, 5.41) is 0. The predicted octanol–water partition coefficient (Wildman–Crippen LogP) is 10.5. The Morgan fingerprint density at radius 1 is 0.409 bits per heavy atom. The lowest BCUT2D eigenvalue weighted by Crippen LogP contribution is -2.19. The molecule has 0 aliphatic heterocycles. The molecule has 0 saturated carbocycles. The number of rotatable bonds is 35. The highest BCUT2D eigenvalue weighted by atomic mass is 16.6. The Kier molecular flexibility index (Phi) is 33.8. The van der Waals surface area contributed by atoms with Crippen LogP contribution in [0.25, 0.3) is 0 Å². The fourth-order valence-electron chi connectivity index (χ4n) is 5.88. The van der Waals surface area contributed by atoms with Gasteiger partial charge in [-0.2, -0.15) is 0 Å². The molecule has 6 heteroatoms. The molecular weight excluding hydrogens is 548 g/mol. The zero-order chi connectivity index (χ0) is 32.4. The molecule has 0 aliphatic carbocycles. The van der Waals surface area contributed by atoms with Crippen LogP contribution in [0, 0.1) is 0 Å². The molecule has 0 heterocycles. The number of hydrogen-bond donors (Lipinski definition) is 2. The summed E-state index contributed by atoms with van der Waals surface area (Å²) in [4.78, 5) is 23.8. The molecule has 0 fully saturated rings. The molecule has 2 atom stereocenters. The summed E-state index contributed by atoms with van der Waals surface area (Å²) in [6.45, 7) is 4.82. The summed E-state index contributed by atoms with van der Waals surface area (Å²) in [5.74, 6) is -0.366. The Morgan fingerprint density at radius 3 is 0.955 bits per heavy atom. The number of carbonyl (C=O) groups is 2. The summed E-state index contributed by atoms with van der Waals surface area (Å²) in [6, 6.07) is 0.785. The molecular formula is C38H76N2O4. The molecule has 4 N–H and O–H groups in total. The normalized spacial score (nSPS) is 12.7. The van der Waals surface area contributed by atoms with Crippen molar-refractivity contribution in [2.75, 3.05) is 13.2 Å². The van der Waals surface area contributed by atoms with E-state index < -0.39 is 0 Å². The molecule has 0 aromatic heterocycles. The molecule has 0 spiro atoms. The smallest absolute Gasteiger partial charge is 0.305 e. The molecule has 0 bridgehead atoms. The van der Waals surface area contributed by atoms with Crippen molar-refractivity contribution in [3.05, 3.63) is 0 Å². The minimum Gasteiger partial charge on any atom is -0.462 e. The van der Waals surface area contributed by atoms with Gasteiger partial charge in [-0.25, -0.2) is 0 Å². The number of carbonyl (C=O) groups excluding carboxylic acids is 2. The first-order valence-electron chi connectivity index (χ1n) is 19.3. The van der Waals surface area contributed by atoms with Crippen LogP contribution in [0.4, 0.5) is 0 Å². The van der Waals surface area contributed by atoms with E-state index in [9.17, 15) is 9.59 Å². The van der Waals surface area contributed by atoms with E-state index in [0.29, 0.717) is 24.9 Å². The largest absolute Gasteiger partial charge is 0.462 e. The maximum Gasteiger partial charge on any atom is 0.305 e. The molecule has 0 radical (unpaired) electrons. The van der Waals surface area contributed by atoms with E-state index in [1.807, 2.05) is 0 Å². The third-order valence-corrected chi connectivity index (χ3v) is 8.88. The van der Waals surface area contributed by atoms with Crippen molar-refractivity contribution in [1.29, 1.82) is 0 Å². The topological polar surface area (TPSA) is 105 Å². The van der Waals surface area contributed by atoms with Gasteiger partial charge in [-0.15, -0.1) is 0 Å². The van der Waals surface area contributed by atoms with E-state index in [4.69, 9.17) is 20.9 Å². The van der Waals surface area contributed by atoms with Crippen LogP contribution in [0.3, 0.4) is 0 Å². The third-order valence-electron chi connectivity index (χ3n) is 8.88. The SMILES string of the molecule is CCCCCCC(N)CCCCCCCCCCC(=O)OCCOC(=O)CCCCCCCCCCC(N)CCCCCC. The number of hydrogen-bond acceptors (Lipinski definition) is 6. The van der Waals surface area contributed by atoms with Crippen LogP contribution >= 0.6 is 0 Å². The highest BCUT2D eigenvalue weighted by Crippen LogP contribution is 2.15. The van der Waals surface area contributed by atoms with Gasteiger partial charge >= 0.3 is 11.9 Å². The van der Waals surface area contributed by atoms with Gasteiger partial charge in [0.15, 0.2) is 0 Å². The molecule has 262 valence electrons. The van der Waals surface area contributed by atoms with Crippen molar-refractivity contribution in [3.63, 3.8) is 0 Å². The predicted molar refractivity (Wildman–Crippen MR) is 188 cm³/mol. The first-order chi connectivity index (χ1) is 21.5. The average Bonchev–Trinajstić information content (AvgIpc) is 3.01. The fourth-order valence-corrected chi connectivity index (χ4v) is 5.88. The summed E-state index contributed by atoms with van der Waals surface area (Å²) in [7, 11) is 0. The van der Waals surface area contributed by atoms with E-state index in [2.05, 4.69) is 13.8 Å². The van der Waals surface area contributed by atoms with Crippen LogP contribution in [0.2, 0.25) is 0 Å². The Balaban J connectivity index is 3.35. The van der Waals surface area contributed by atoms with Gasteiger partial charge in [0.1, 0.15) is 13.2 Å². The van der Waals surface area contributed by atoms with Gasteiger partial charge in [0, 0.05) is 24.9 Å². The van der Waals surface area contributed by atoms with Crippen LogP contribution < -0.4 is 11.5 Å². The van der Waals surface area contributed by atoms with Crippen molar-refractivity contribution in [3.8, 4) is 0 Å². The molecule has 0 saturated heterocycles. The zero-order valence-corrected chi connectivity index (χ0v) is 29.6. The lowest BCUT2D eigenvalue weighted by atomic mass is 10.0. The Bertz CT molecular complexity index is 564. The molecule has 0 aliphatic rings. The van der Waals surface area contributed by atoms with Crippen LogP contribution in [0.1, 0.15) is 206 Å². The lowest BCUT2D eigenvalue weighted by Gasteiger charge is -2.11. The number of nitrogens with two attached hydrogens (primary N) is 2. The van der Waals surface area contributed by atoms with Crippen molar-refractivity contribution >= 4 is 11.9 Å². The molecule has 0 aromatic rings. The Labute approximate surface area is 273 Å². The van der Waals surface area contributed by atoms with E-state index in [1.165, 1.54) is 154 Å². The first-order valence-corrected chi connectivity index (χ1v) is 19.3. The molecule has 44 heavy (non-hydrogen) atoms. The first kappa shape index (κ1) is 42.9. The molecule has 0 amide bonds. The van der Waals surface area contributed by atoms with Crippen molar-refractivity contribution in [2.24, 2.45) is 11.5 Å². The second kappa shape index (κ2) is 34.7. The lowest BCUT2D eigenvalue weighted by molar-refractivity contribution is -0.152. The van der Waals surface area contributed by atoms with Gasteiger partial charge in [-0.1, -0.05) is 155 Å². The van der Waals surface area contributed by atoms with Gasteiger partial charge in [0.05, 0.1) is 0 Å². The summed E-state index contributed by atoms with van der Waals surface area (Å²) in [5.41, 5.74) is 12.5. The van der Waals surface area contributed by atoms with Crippen molar-refractivity contribution in [2.45, 2.75) is 219 Å². The summed E-state index contributed by atoms with van der Waals surface area (Å²) in [6.07, 6.45) is 35.0. The van der Waals surface area contributed by atoms with Gasteiger partial charge in [0.2, 0.25) is 0 Å². The standard InChI is InChI=1S/C38H76N2O4/c1-3-5-7-21-27-35(39)29-23-17-13-9-11-15-19-25-31-37(41)43-33-34-44-38(42)32-26-20-16-12-10-14-18-24-30-36(40)28-22-8-6-4-2/h35-36H,3-34,39-40H2,1-2H3. The second-order valence-electron chi connectivity index (χ2n) is 13.4. The number of ether oxygens (including phenoxy) is 2. The third kappa shape index (κ3) is 33.7. The van der Waals surface area contributed by atoms with Gasteiger partial charge in [0.25, 0.3) is 0 Å². The minimum atomic E-state index is -0.183. The van der Waals surface area contributed by atoms with E-state index in [0.717, 1.165) is 25.7 Å². The van der Waals surface area contributed by atoms with Gasteiger partial charge in [-0.05, 0) is 38.5 Å². The second-order valence-corrected chi connectivity index (χ2v) is 13.4. The maximum absolute atomic E-state index is 11.9. The average molecular weight is 625 g/mol. The summed E-state index contributed by atoms with van der Waals surface area (Å²) >= 11 is 0. The molecule has 0 rings (SSSR count). The van der Waals surface area contributed by atoms with E-state index in [1.54, 1.807) is 0 Å². The number of esters is 2. The van der Waals surface area contributed by atoms with Crippen molar-refractivity contribution in [1.82, 2.24) is 0 Å². The molecule has 6 nitrogen and oxygen atoms in total. The highest BCUT2D eigenvalue weighted by molar-refractivity contribution is 5.70. The van der Waals surface area contributed by atoms with Crippen LogP contribution in [-0.4, -0.2) is 37.2 Å². The Morgan fingerprint density at radius 2 is 0.659 bits per heavy atom. The van der Waals surface area contributed by atoms with Crippen molar-refractivity contribution < 1.29 is 19.1 Å². The monoisotopic (exact) mass is 625 g/mol. The fraction of sp³-hybridized carbons (Fsp3) is 0.947. The van der Waals surface area contributed by atoms with Crippen LogP contribution in [0.15, 0.2) is 0 Å². The van der Waals surface area contributed by atoms with Gasteiger partial charge < -0.3 is 20.9 Å². The molecule has 2 unspecified atom stereocenters. The Hall–Kier alpha value is -1.14. The van der Waals surface area contributed by atoms with Gasteiger partial charge in [-0.3, -0.25) is 9.59 Å². The van der Waals surface area contributed by atoms with Crippen LogP contribution in [0.5, 0.6) is 0 Å². The quantitative estimate of drug-likeness (QED) is 0.0537. The molecule has 0 aromatic carbocycles.